The van der Waals surface area contributed by atoms with Crippen molar-refractivity contribution in [2.75, 3.05) is 18.9 Å². The molecule has 0 spiro atoms. The Balaban J connectivity index is 0.000000290. The maximum atomic E-state index is 14.3. The number of aliphatic hydroxyl groups excluding tert-OH is 1. The standard InChI is InChI=1S/C15H15F2N5.C5H10O2/c1-15(2,3)13-10(17)4-8(6-19-13)11-5-9(16)12-7-20-14(18)21-22(11)12;6-5-2-1-3-7-4-5/h4-7H,1-3H3,(H2,18,21);5-6H,1-4H2. The highest BCUT2D eigenvalue weighted by Gasteiger charge is 2.22. The Labute approximate surface area is 167 Å². The Bertz CT molecular complexity index is 994. The van der Waals surface area contributed by atoms with Crippen LogP contribution >= 0.6 is 0 Å². The summed E-state index contributed by atoms with van der Waals surface area (Å²) < 4.78 is 34.5. The molecular formula is C20H25F2N5O2. The summed E-state index contributed by atoms with van der Waals surface area (Å²) in [5.41, 5.74) is 6.43. The van der Waals surface area contributed by atoms with Gasteiger partial charge in [0.05, 0.1) is 30.3 Å². The SMILES string of the molecule is CC(C)(C)c1ncc(-c2cc(F)c3cnc(N)nn23)cc1F.OC1CCCOC1. The Morgan fingerprint density at radius 2 is 1.93 bits per heavy atom. The highest BCUT2D eigenvalue weighted by molar-refractivity contribution is 5.66. The molecule has 0 bridgehead atoms. The largest absolute Gasteiger partial charge is 0.391 e. The van der Waals surface area contributed by atoms with Crippen molar-refractivity contribution in [3.8, 4) is 11.3 Å². The minimum atomic E-state index is -0.504. The van der Waals surface area contributed by atoms with E-state index in [1.165, 1.54) is 29.0 Å². The Kier molecular flexibility index (Phi) is 6.09. The van der Waals surface area contributed by atoms with E-state index < -0.39 is 17.0 Å². The van der Waals surface area contributed by atoms with Gasteiger partial charge in [-0.1, -0.05) is 20.8 Å². The van der Waals surface area contributed by atoms with Crippen molar-refractivity contribution < 1.29 is 18.6 Å². The first-order valence-corrected chi connectivity index (χ1v) is 9.39. The molecule has 3 N–H and O–H groups in total. The van der Waals surface area contributed by atoms with Crippen LogP contribution in [0.25, 0.3) is 16.8 Å². The van der Waals surface area contributed by atoms with Gasteiger partial charge in [0.2, 0.25) is 5.95 Å². The number of nitrogens with zero attached hydrogens (tertiary/aromatic N) is 4. The second kappa shape index (κ2) is 8.38. The van der Waals surface area contributed by atoms with Crippen LogP contribution in [0.2, 0.25) is 0 Å². The fraction of sp³-hybridized carbons (Fsp3) is 0.450. The molecule has 0 aliphatic carbocycles. The third kappa shape index (κ3) is 4.86. The highest BCUT2D eigenvalue weighted by atomic mass is 19.1. The second-order valence-electron chi connectivity index (χ2n) is 7.97. The number of nitrogen functional groups attached to an aromatic ring is 1. The fourth-order valence-corrected chi connectivity index (χ4v) is 3.02. The normalized spacial score (nSPS) is 17.1. The van der Waals surface area contributed by atoms with Crippen molar-refractivity contribution in [1.29, 1.82) is 0 Å². The lowest BCUT2D eigenvalue weighted by Gasteiger charge is -2.18. The van der Waals surface area contributed by atoms with Gasteiger partial charge in [-0.05, 0) is 18.9 Å². The number of fused-ring (bicyclic) bond motifs is 1. The van der Waals surface area contributed by atoms with Gasteiger partial charge < -0.3 is 15.6 Å². The topological polar surface area (TPSA) is 98.6 Å². The average Bonchev–Trinajstić information content (AvgIpc) is 2.97. The van der Waals surface area contributed by atoms with Gasteiger partial charge in [-0.15, -0.1) is 5.10 Å². The number of pyridine rings is 1. The molecular weight excluding hydrogens is 380 g/mol. The smallest absolute Gasteiger partial charge is 0.238 e. The maximum Gasteiger partial charge on any atom is 0.238 e. The molecule has 3 aromatic rings. The van der Waals surface area contributed by atoms with Crippen molar-refractivity contribution in [2.45, 2.75) is 45.1 Å². The molecule has 3 aromatic heterocycles. The van der Waals surface area contributed by atoms with Gasteiger partial charge in [-0.3, -0.25) is 4.98 Å². The summed E-state index contributed by atoms with van der Waals surface area (Å²) in [6.07, 6.45) is 4.53. The van der Waals surface area contributed by atoms with E-state index >= 15 is 0 Å². The fourth-order valence-electron chi connectivity index (χ4n) is 3.02. The zero-order chi connectivity index (χ0) is 21.2. The van der Waals surface area contributed by atoms with Crippen molar-refractivity contribution >= 4 is 11.5 Å². The van der Waals surface area contributed by atoms with E-state index in [0.717, 1.165) is 19.4 Å². The van der Waals surface area contributed by atoms with Crippen molar-refractivity contribution in [1.82, 2.24) is 19.6 Å². The lowest BCUT2D eigenvalue weighted by Crippen LogP contribution is -2.21. The van der Waals surface area contributed by atoms with Gasteiger partial charge in [0, 0.05) is 29.8 Å². The summed E-state index contributed by atoms with van der Waals surface area (Å²) in [5.74, 6) is -0.943. The van der Waals surface area contributed by atoms with E-state index in [1.807, 2.05) is 20.8 Å². The van der Waals surface area contributed by atoms with Crippen LogP contribution in [-0.2, 0) is 10.2 Å². The molecule has 1 aliphatic rings. The van der Waals surface area contributed by atoms with Crippen LogP contribution in [0.4, 0.5) is 14.7 Å². The number of hydrogen-bond acceptors (Lipinski definition) is 6. The quantitative estimate of drug-likeness (QED) is 0.646. The molecule has 0 saturated carbocycles. The van der Waals surface area contributed by atoms with Crippen LogP contribution in [0.5, 0.6) is 0 Å². The Morgan fingerprint density at radius 1 is 1.17 bits per heavy atom. The minimum Gasteiger partial charge on any atom is -0.391 e. The number of aromatic nitrogens is 4. The van der Waals surface area contributed by atoms with Crippen LogP contribution < -0.4 is 5.73 Å². The van der Waals surface area contributed by atoms with Crippen molar-refractivity contribution in [3.05, 3.63) is 41.9 Å². The first kappa shape index (κ1) is 21.1. The number of rotatable bonds is 1. The first-order chi connectivity index (χ1) is 13.7. The third-order valence-corrected chi connectivity index (χ3v) is 4.47. The van der Waals surface area contributed by atoms with E-state index in [-0.39, 0.29) is 17.6 Å². The summed E-state index contributed by atoms with van der Waals surface area (Å²) in [4.78, 5) is 7.93. The summed E-state index contributed by atoms with van der Waals surface area (Å²) in [6.45, 7) is 6.99. The number of ether oxygens (including phenoxy) is 1. The summed E-state index contributed by atoms with van der Waals surface area (Å²) in [6, 6.07) is 2.59. The van der Waals surface area contributed by atoms with Gasteiger partial charge in [-0.2, -0.15) is 0 Å². The molecule has 7 nitrogen and oxygen atoms in total. The number of aliphatic hydroxyl groups is 1. The highest BCUT2D eigenvalue weighted by Crippen LogP contribution is 2.28. The molecule has 1 aliphatic heterocycles. The van der Waals surface area contributed by atoms with Crippen LogP contribution in [0, 0.1) is 11.6 Å². The maximum absolute atomic E-state index is 14.3. The summed E-state index contributed by atoms with van der Waals surface area (Å²) in [5, 5.41) is 12.8. The lowest BCUT2D eigenvalue weighted by atomic mass is 9.91. The molecule has 4 rings (SSSR count). The van der Waals surface area contributed by atoms with E-state index in [9.17, 15) is 8.78 Å². The van der Waals surface area contributed by atoms with E-state index in [2.05, 4.69) is 15.1 Å². The van der Waals surface area contributed by atoms with Crippen LogP contribution in [0.1, 0.15) is 39.3 Å². The molecule has 0 aromatic carbocycles. The Hall–Kier alpha value is -2.65. The van der Waals surface area contributed by atoms with Gasteiger partial charge in [0.25, 0.3) is 0 Å². The van der Waals surface area contributed by atoms with Crippen molar-refractivity contribution in [2.24, 2.45) is 0 Å². The number of anilines is 1. The predicted octanol–water partition coefficient (Wildman–Crippen LogP) is 3.11. The molecule has 9 heteroatoms. The molecule has 0 amide bonds. The third-order valence-electron chi connectivity index (χ3n) is 4.47. The predicted molar refractivity (Wildman–Crippen MR) is 105 cm³/mol. The van der Waals surface area contributed by atoms with E-state index in [1.54, 1.807) is 0 Å². The Morgan fingerprint density at radius 3 is 2.48 bits per heavy atom. The summed E-state index contributed by atoms with van der Waals surface area (Å²) in [7, 11) is 0. The zero-order valence-corrected chi connectivity index (χ0v) is 16.7. The van der Waals surface area contributed by atoms with Gasteiger partial charge in [-0.25, -0.2) is 18.3 Å². The van der Waals surface area contributed by atoms with Gasteiger partial charge in [0.1, 0.15) is 11.3 Å². The number of nitrogens with two attached hydrogens (primary N) is 1. The van der Waals surface area contributed by atoms with Gasteiger partial charge in [0.15, 0.2) is 5.82 Å². The second-order valence-corrected chi connectivity index (χ2v) is 7.97. The van der Waals surface area contributed by atoms with Crippen LogP contribution in [0.15, 0.2) is 24.5 Å². The lowest BCUT2D eigenvalue weighted by molar-refractivity contribution is -0.00535. The zero-order valence-electron chi connectivity index (χ0n) is 16.7. The molecule has 156 valence electrons. The molecule has 1 unspecified atom stereocenters. The van der Waals surface area contributed by atoms with Gasteiger partial charge >= 0.3 is 0 Å². The van der Waals surface area contributed by atoms with Crippen LogP contribution in [-0.4, -0.2) is 44.0 Å². The van der Waals surface area contributed by atoms with Crippen LogP contribution in [0.3, 0.4) is 0 Å². The van der Waals surface area contributed by atoms with Crippen molar-refractivity contribution in [3.63, 3.8) is 0 Å². The number of hydrogen-bond donors (Lipinski definition) is 2. The molecule has 1 saturated heterocycles. The van der Waals surface area contributed by atoms with E-state index in [4.69, 9.17) is 15.6 Å². The average molecular weight is 405 g/mol. The molecule has 29 heavy (non-hydrogen) atoms. The van der Waals surface area contributed by atoms with E-state index in [0.29, 0.717) is 23.6 Å². The molecule has 0 radical (unpaired) electrons. The summed E-state index contributed by atoms with van der Waals surface area (Å²) >= 11 is 0. The minimum absolute atomic E-state index is 0.00379. The molecule has 1 atom stereocenters. The first-order valence-electron chi connectivity index (χ1n) is 9.39. The monoisotopic (exact) mass is 405 g/mol. The number of halogens is 2. The molecule has 4 heterocycles. The molecule has 1 fully saturated rings.